The van der Waals surface area contributed by atoms with Gasteiger partial charge in [-0.25, -0.2) is 18.4 Å². The highest BCUT2D eigenvalue weighted by atomic mass is 19.1. The van der Waals surface area contributed by atoms with Crippen molar-refractivity contribution in [3.63, 3.8) is 0 Å². The molecule has 2 bridgehead atoms. The number of benzene rings is 2. The highest BCUT2D eigenvalue weighted by Crippen LogP contribution is 2.45. The number of amides is 2. The van der Waals surface area contributed by atoms with Crippen molar-refractivity contribution in [1.82, 2.24) is 15.0 Å². The minimum absolute atomic E-state index is 0.0211. The van der Waals surface area contributed by atoms with Gasteiger partial charge in [0.15, 0.2) is 0 Å². The van der Waals surface area contributed by atoms with E-state index in [1.165, 1.54) is 18.2 Å². The maximum atomic E-state index is 14.6. The fraction of sp³-hybridized carbons (Fsp3) is 0.433. The Morgan fingerprint density at radius 2 is 1.70 bits per heavy atom. The number of carboxylic acids is 1. The van der Waals surface area contributed by atoms with Gasteiger partial charge in [-0.15, -0.1) is 0 Å². The third kappa shape index (κ3) is 4.25. The molecule has 4 aliphatic rings. The summed E-state index contributed by atoms with van der Waals surface area (Å²) in [4.78, 5) is 29.0. The molecule has 3 fully saturated rings. The van der Waals surface area contributed by atoms with Crippen molar-refractivity contribution >= 4 is 12.0 Å². The molecule has 208 valence electrons. The first-order valence-corrected chi connectivity index (χ1v) is 13.8. The molecule has 7 rings (SSSR count). The minimum Gasteiger partial charge on any atom is -0.478 e. The first kappa shape index (κ1) is 25.2. The van der Waals surface area contributed by atoms with Crippen LogP contribution in [0.25, 0.3) is 11.3 Å². The van der Waals surface area contributed by atoms with Crippen molar-refractivity contribution in [3.8, 4) is 11.3 Å². The lowest BCUT2D eigenvalue weighted by atomic mass is 9.99. The van der Waals surface area contributed by atoms with Crippen molar-refractivity contribution in [1.29, 1.82) is 0 Å². The highest BCUT2D eigenvalue weighted by Gasteiger charge is 2.46. The number of rotatable bonds is 6. The number of piperidine rings is 1. The number of ether oxygens (including phenoxy) is 1. The number of carbonyl (C=O) groups excluding carboxylic acids is 1. The maximum Gasteiger partial charge on any atom is 0.336 e. The number of nitrogens with zero attached hydrogens (tertiary/aromatic N) is 3. The zero-order valence-electron chi connectivity index (χ0n) is 21.8. The SMILES string of the molecule is O=C(O)c1cccc2c1CN(C(=O)N1[C@@H]3CC[C@H]1CC(OCc1c(-c4c(F)cccc4F)noc1C1CC1)C3)C2. The average Bonchev–Trinajstić information content (AvgIpc) is 3.44. The lowest BCUT2D eigenvalue weighted by Gasteiger charge is -2.40. The van der Waals surface area contributed by atoms with Gasteiger partial charge in [0, 0.05) is 36.7 Å². The summed E-state index contributed by atoms with van der Waals surface area (Å²) in [6.07, 6.45) is 4.86. The van der Waals surface area contributed by atoms with Crippen molar-refractivity contribution < 1.29 is 32.7 Å². The molecule has 1 aliphatic carbocycles. The molecule has 1 unspecified atom stereocenters. The largest absolute Gasteiger partial charge is 0.478 e. The molecule has 40 heavy (non-hydrogen) atoms. The molecule has 0 radical (unpaired) electrons. The second-order valence-electron chi connectivity index (χ2n) is 11.3. The van der Waals surface area contributed by atoms with Gasteiger partial charge < -0.3 is 24.2 Å². The second kappa shape index (κ2) is 9.69. The summed E-state index contributed by atoms with van der Waals surface area (Å²) in [6, 6.07) is 8.90. The summed E-state index contributed by atoms with van der Waals surface area (Å²) in [6.45, 7) is 0.827. The van der Waals surface area contributed by atoms with Crippen molar-refractivity contribution in [2.75, 3.05) is 0 Å². The van der Waals surface area contributed by atoms with E-state index in [0.29, 0.717) is 42.8 Å². The Morgan fingerprint density at radius 3 is 2.38 bits per heavy atom. The lowest BCUT2D eigenvalue weighted by Crippen LogP contribution is -2.52. The Hall–Kier alpha value is -3.79. The van der Waals surface area contributed by atoms with Crippen LogP contribution in [0.1, 0.15) is 77.3 Å². The van der Waals surface area contributed by atoms with Gasteiger partial charge in [0.25, 0.3) is 0 Å². The number of carbonyl (C=O) groups is 2. The first-order chi connectivity index (χ1) is 19.4. The molecular formula is C30H29F2N3O5. The van der Waals surface area contributed by atoms with E-state index in [2.05, 4.69) is 5.16 Å². The summed E-state index contributed by atoms with van der Waals surface area (Å²) in [5, 5.41) is 13.6. The van der Waals surface area contributed by atoms with E-state index in [1.54, 1.807) is 17.0 Å². The smallest absolute Gasteiger partial charge is 0.336 e. The van der Waals surface area contributed by atoms with E-state index in [-0.39, 0.29) is 53.6 Å². The molecule has 3 aromatic rings. The zero-order valence-corrected chi connectivity index (χ0v) is 21.8. The summed E-state index contributed by atoms with van der Waals surface area (Å²) < 4.78 is 41.1. The number of hydrogen-bond donors (Lipinski definition) is 1. The molecule has 0 spiro atoms. The van der Waals surface area contributed by atoms with Crippen LogP contribution in [-0.2, 0) is 24.4 Å². The Labute approximate surface area is 229 Å². The molecule has 1 aromatic heterocycles. The zero-order chi connectivity index (χ0) is 27.5. The van der Waals surface area contributed by atoms with Crippen molar-refractivity contribution in [2.24, 2.45) is 0 Å². The molecule has 4 heterocycles. The Morgan fingerprint density at radius 1 is 1.00 bits per heavy atom. The molecule has 2 amide bonds. The molecule has 8 nitrogen and oxygen atoms in total. The summed E-state index contributed by atoms with van der Waals surface area (Å²) >= 11 is 0. The number of aromatic carboxylic acids is 1. The monoisotopic (exact) mass is 549 g/mol. The van der Waals surface area contributed by atoms with E-state index < -0.39 is 17.6 Å². The average molecular weight is 550 g/mol. The summed E-state index contributed by atoms with van der Waals surface area (Å²) in [5.41, 5.74) is 2.38. The van der Waals surface area contributed by atoms with Crippen LogP contribution in [0.3, 0.4) is 0 Å². The minimum atomic E-state index is -0.984. The summed E-state index contributed by atoms with van der Waals surface area (Å²) in [7, 11) is 0. The number of carboxylic acid groups (broad SMARTS) is 1. The second-order valence-corrected chi connectivity index (χ2v) is 11.3. The summed E-state index contributed by atoms with van der Waals surface area (Å²) in [5.74, 6) is -1.54. The van der Waals surface area contributed by atoms with E-state index >= 15 is 0 Å². The van der Waals surface area contributed by atoms with Crippen LogP contribution in [0.15, 0.2) is 40.9 Å². The number of urea groups is 1. The van der Waals surface area contributed by atoms with Crippen LogP contribution in [0.4, 0.5) is 13.6 Å². The molecule has 1 N–H and O–H groups in total. The maximum absolute atomic E-state index is 14.6. The predicted octanol–water partition coefficient (Wildman–Crippen LogP) is 5.84. The molecule has 3 atom stereocenters. The van der Waals surface area contributed by atoms with Crippen LogP contribution >= 0.6 is 0 Å². The van der Waals surface area contributed by atoms with Crippen LogP contribution in [0.5, 0.6) is 0 Å². The quantitative estimate of drug-likeness (QED) is 0.415. The molecule has 3 aliphatic heterocycles. The van der Waals surface area contributed by atoms with Crippen LogP contribution in [0, 0.1) is 11.6 Å². The van der Waals surface area contributed by atoms with E-state index in [9.17, 15) is 23.5 Å². The number of hydrogen-bond acceptors (Lipinski definition) is 5. The number of fused-ring (bicyclic) bond motifs is 3. The molecule has 2 aromatic carbocycles. The van der Waals surface area contributed by atoms with Crippen LogP contribution in [-0.4, -0.2) is 50.3 Å². The van der Waals surface area contributed by atoms with Gasteiger partial charge in [-0.3, -0.25) is 0 Å². The van der Waals surface area contributed by atoms with Gasteiger partial charge in [-0.05, 0) is 67.9 Å². The third-order valence-electron chi connectivity index (χ3n) is 8.82. The van der Waals surface area contributed by atoms with Crippen LogP contribution < -0.4 is 0 Å². The molecule has 2 saturated heterocycles. The van der Waals surface area contributed by atoms with Gasteiger partial charge in [0.2, 0.25) is 0 Å². The third-order valence-corrected chi connectivity index (χ3v) is 8.82. The standard InChI is InChI=1S/C30H29F2N3O5/c31-24-5-2-6-25(32)26(24)27-23(28(40-33-27)16-7-8-16)15-39-20-11-18-9-10-19(12-20)35(18)30(38)34-13-17-3-1-4-21(29(36)37)22(17)14-34/h1-6,16,18-20H,7-15H2,(H,36,37)/t18-,19+,20?. The topological polar surface area (TPSA) is 96.1 Å². The van der Waals surface area contributed by atoms with E-state index in [0.717, 1.165) is 31.2 Å². The van der Waals surface area contributed by atoms with E-state index in [4.69, 9.17) is 9.26 Å². The fourth-order valence-electron chi connectivity index (χ4n) is 6.75. The number of aromatic nitrogens is 1. The Bertz CT molecular complexity index is 1470. The first-order valence-electron chi connectivity index (χ1n) is 13.8. The van der Waals surface area contributed by atoms with Gasteiger partial charge >= 0.3 is 12.0 Å². The highest BCUT2D eigenvalue weighted by molar-refractivity contribution is 5.90. The normalized spacial score (nSPS) is 23.5. The Kier molecular flexibility index (Phi) is 6.10. The Balaban J connectivity index is 1.05. The van der Waals surface area contributed by atoms with Crippen LogP contribution in [0.2, 0.25) is 0 Å². The van der Waals surface area contributed by atoms with E-state index in [1.807, 2.05) is 11.0 Å². The van der Waals surface area contributed by atoms with Gasteiger partial charge in [-0.1, -0.05) is 23.4 Å². The molecular weight excluding hydrogens is 520 g/mol. The molecule has 1 saturated carbocycles. The number of halogens is 2. The van der Waals surface area contributed by atoms with Gasteiger partial charge in [0.05, 0.1) is 23.8 Å². The lowest BCUT2D eigenvalue weighted by molar-refractivity contribution is -0.0210. The van der Waals surface area contributed by atoms with Crippen molar-refractivity contribution in [3.05, 3.63) is 76.0 Å². The predicted molar refractivity (Wildman–Crippen MR) is 138 cm³/mol. The fourth-order valence-corrected chi connectivity index (χ4v) is 6.75. The van der Waals surface area contributed by atoms with Gasteiger partial charge in [-0.2, -0.15) is 0 Å². The van der Waals surface area contributed by atoms with Crippen molar-refractivity contribution in [2.45, 2.75) is 82.3 Å². The molecule has 10 heteroatoms. The van der Waals surface area contributed by atoms with Gasteiger partial charge in [0.1, 0.15) is 23.1 Å².